The van der Waals surface area contributed by atoms with Gasteiger partial charge in [-0.25, -0.2) is 19.0 Å². The Balaban J connectivity index is 0.000000198. The summed E-state index contributed by atoms with van der Waals surface area (Å²) < 4.78 is 3.55. The third-order valence-corrected chi connectivity index (χ3v) is 10.8. The number of hydrogen-bond donors (Lipinski definition) is 3. The molecule has 4 aromatic heterocycles. The molecule has 3 N–H and O–H groups in total. The maximum Gasteiger partial charge on any atom is 0.276 e. The summed E-state index contributed by atoms with van der Waals surface area (Å²) >= 11 is 0. The van der Waals surface area contributed by atoms with E-state index in [4.69, 9.17) is 10.2 Å². The third kappa shape index (κ3) is 7.46. The highest BCUT2D eigenvalue weighted by atomic mass is 16.1. The molecular formula is C38H56N10O2. The summed E-state index contributed by atoms with van der Waals surface area (Å²) in [5, 5.41) is 12.9. The van der Waals surface area contributed by atoms with Gasteiger partial charge in [0.15, 0.2) is 11.0 Å². The molecule has 12 heteroatoms. The largest absolute Gasteiger partial charge is 0.316 e. The van der Waals surface area contributed by atoms with Crippen molar-refractivity contribution < 1.29 is 0 Å². The fourth-order valence-electron chi connectivity index (χ4n) is 7.63. The van der Waals surface area contributed by atoms with Crippen LogP contribution in [-0.4, -0.2) is 70.2 Å². The molecule has 7 rings (SSSR count). The molecule has 0 saturated carbocycles. The highest BCUT2D eigenvalue weighted by Crippen LogP contribution is 2.31. The topological polar surface area (TPSA) is 141 Å². The van der Waals surface area contributed by atoms with Gasteiger partial charge in [0.2, 0.25) is 0 Å². The van der Waals surface area contributed by atoms with Crippen molar-refractivity contribution in [1.29, 1.82) is 0 Å². The van der Waals surface area contributed by atoms with Crippen LogP contribution < -0.4 is 16.4 Å². The molecule has 2 aliphatic heterocycles. The molecule has 0 spiro atoms. The zero-order valence-electron chi connectivity index (χ0n) is 29.8. The number of aromatic nitrogens is 8. The second-order valence-corrected chi connectivity index (χ2v) is 14.0. The van der Waals surface area contributed by atoms with E-state index in [0.717, 1.165) is 81.7 Å². The molecule has 2 saturated heterocycles. The number of nitrogens with zero attached hydrogens (tertiary/aromatic N) is 7. The van der Waals surface area contributed by atoms with Crippen LogP contribution in [0.15, 0.2) is 52.3 Å². The summed E-state index contributed by atoms with van der Waals surface area (Å²) in [6, 6.07) is 10.5. The highest BCUT2D eigenvalue weighted by molar-refractivity contribution is 5.43. The first kappa shape index (κ1) is 37.1. The van der Waals surface area contributed by atoms with E-state index >= 15 is 0 Å². The Bertz CT molecular complexity index is 1950. The lowest BCUT2D eigenvalue weighted by atomic mass is 9.97. The molecular weight excluding hydrogens is 628 g/mol. The van der Waals surface area contributed by atoms with Crippen molar-refractivity contribution in [3.8, 4) is 0 Å². The molecule has 270 valence electrons. The molecule has 12 nitrogen and oxygen atoms in total. The Hall–Kier alpha value is -4.16. The number of aromatic amines is 2. The Kier molecular flexibility index (Phi) is 12.1. The maximum absolute atomic E-state index is 12.7. The van der Waals surface area contributed by atoms with Gasteiger partial charge in [0.1, 0.15) is 23.3 Å². The zero-order chi connectivity index (χ0) is 34.7. The van der Waals surface area contributed by atoms with Crippen molar-refractivity contribution in [2.75, 3.05) is 26.2 Å². The smallest absolute Gasteiger partial charge is 0.276 e. The maximum atomic E-state index is 12.7. The fourth-order valence-corrected chi connectivity index (χ4v) is 7.63. The fraction of sp³-hybridized carbons (Fsp3) is 0.579. The molecule has 50 heavy (non-hydrogen) atoms. The van der Waals surface area contributed by atoms with E-state index in [-0.39, 0.29) is 30.4 Å². The number of imidazole rings is 2. The van der Waals surface area contributed by atoms with Gasteiger partial charge >= 0.3 is 0 Å². The van der Waals surface area contributed by atoms with Gasteiger partial charge in [-0.1, -0.05) is 79.3 Å². The van der Waals surface area contributed by atoms with Crippen LogP contribution in [0.2, 0.25) is 0 Å². The van der Waals surface area contributed by atoms with Gasteiger partial charge < -0.3 is 15.3 Å². The minimum absolute atomic E-state index is 0. The summed E-state index contributed by atoms with van der Waals surface area (Å²) in [6.07, 6.45) is 7.28. The van der Waals surface area contributed by atoms with Crippen LogP contribution in [0.3, 0.4) is 0 Å². The van der Waals surface area contributed by atoms with E-state index in [1.165, 1.54) is 5.56 Å². The Morgan fingerprint density at radius 3 is 1.72 bits per heavy atom. The number of fused-ring (bicyclic) bond motifs is 2. The van der Waals surface area contributed by atoms with E-state index in [9.17, 15) is 9.59 Å². The van der Waals surface area contributed by atoms with Crippen molar-refractivity contribution in [3.05, 3.63) is 92.3 Å². The molecule has 0 amide bonds. The van der Waals surface area contributed by atoms with Gasteiger partial charge in [-0.15, -0.1) is 0 Å². The van der Waals surface area contributed by atoms with Gasteiger partial charge in [-0.2, -0.15) is 10.2 Å². The monoisotopic (exact) mass is 684 g/mol. The lowest BCUT2D eigenvalue weighted by molar-refractivity contribution is 0.318. The average Bonchev–Trinajstić information content (AvgIpc) is 3.90. The van der Waals surface area contributed by atoms with Crippen molar-refractivity contribution in [1.82, 2.24) is 49.4 Å². The molecule has 4 atom stereocenters. The van der Waals surface area contributed by atoms with Crippen molar-refractivity contribution in [3.63, 3.8) is 0 Å². The molecule has 2 aliphatic rings. The summed E-state index contributed by atoms with van der Waals surface area (Å²) in [5.41, 5.74) is 2.21. The van der Waals surface area contributed by atoms with Gasteiger partial charge in [0.05, 0.1) is 12.4 Å². The van der Waals surface area contributed by atoms with Crippen LogP contribution in [0.25, 0.3) is 11.0 Å². The van der Waals surface area contributed by atoms with E-state index in [0.29, 0.717) is 34.7 Å². The van der Waals surface area contributed by atoms with E-state index in [1.54, 1.807) is 21.4 Å². The predicted octanol–water partition coefficient (Wildman–Crippen LogP) is 5.84. The van der Waals surface area contributed by atoms with E-state index in [1.807, 2.05) is 6.07 Å². The minimum Gasteiger partial charge on any atom is -0.316 e. The van der Waals surface area contributed by atoms with E-state index in [2.05, 4.69) is 96.0 Å². The SMILES string of the molecule is C.CCC(CC)c1ncc2c(=O)[nH]c(C3CN(Cc4ccccc4)CC3C)nn12.CCC(CC)c1ncc2c(=O)[nH]c(C3CNCC3C)nn12. The number of hydrogen-bond acceptors (Lipinski definition) is 8. The van der Waals surface area contributed by atoms with Gasteiger partial charge in [-0.3, -0.25) is 14.5 Å². The molecule has 5 aromatic rings. The zero-order valence-corrected chi connectivity index (χ0v) is 29.8. The Morgan fingerprint density at radius 1 is 0.720 bits per heavy atom. The summed E-state index contributed by atoms with van der Waals surface area (Å²) in [5.74, 6) is 5.42. The second-order valence-electron chi connectivity index (χ2n) is 14.0. The van der Waals surface area contributed by atoms with Gasteiger partial charge in [-0.05, 0) is 49.6 Å². The Morgan fingerprint density at radius 2 is 1.24 bits per heavy atom. The Labute approximate surface area is 295 Å². The predicted molar refractivity (Wildman–Crippen MR) is 199 cm³/mol. The van der Waals surface area contributed by atoms with Gasteiger partial charge in [0.25, 0.3) is 11.1 Å². The number of H-pyrrole nitrogens is 2. The van der Waals surface area contributed by atoms with Gasteiger partial charge in [0, 0.05) is 49.9 Å². The first-order valence-electron chi connectivity index (χ1n) is 18.2. The molecule has 0 radical (unpaired) electrons. The number of rotatable bonds is 10. The molecule has 6 heterocycles. The number of likely N-dealkylation sites (tertiary alicyclic amines) is 1. The summed E-state index contributed by atoms with van der Waals surface area (Å²) in [7, 11) is 0. The summed E-state index contributed by atoms with van der Waals surface area (Å²) in [6.45, 7) is 17.7. The molecule has 2 fully saturated rings. The second kappa shape index (κ2) is 16.2. The van der Waals surface area contributed by atoms with Crippen molar-refractivity contribution in [2.24, 2.45) is 11.8 Å². The van der Waals surface area contributed by atoms with Crippen LogP contribution in [0.5, 0.6) is 0 Å². The van der Waals surface area contributed by atoms with Crippen LogP contribution >= 0.6 is 0 Å². The van der Waals surface area contributed by atoms with E-state index < -0.39 is 0 Å². The van der Waals surface area contributed by atoms with Crippen LogP contribution in [0.1, 0.15) is 127 Å². The highest BCUT2D eigenvalue weighted by Gasteiger charge is 2.33. The molecule has 0 aliphatic carbocycles. The number of benzene rings is 1. The first-order valence-corrected chi connectivity index (χ1v) is 18.2. The standard InChI is InChI=1S/C22H29N5O.C15H23N5O.CH4/c1-4-17(5-2)21-23-11-19-22(28)24-20(25-27(19)21)18-14-26(12-15(18)3)13-16-9-7-6-8-10-16;1-4-10(5-2)14-17-8-12-15(21)18-13(19-20(12)14)11-7-16-6-9(11)3;/h6-11,15,17-18H,4-5,12-14H2,1-3H3,(H,24,25,28);8-11,16H,4-7H2,1-3H3,(H,18,19,21);1H4. The van der Waals surface area contributed by atoms with Crippen molar-refractivity contribution in [2.45, 2.75) is 105 Å². The van der Waals surface area contributed by atoms with Crippen LogP contribution in [0.4, 0.5) is 0 Å². The number of nitrogens with one attached hydrogen (secondary N) is 3. The van der Waals surface area contributed by atoms with Crippen LogP contribution in [-0.2, 0) is 6.54 Å². The molecule has 4 unspecified atom stereocenters. The average molecular weight is 685 g/mol. The van der Waals surface area contributed by atoms with Crippen LogP contribution in [0, 0.1) is 11.8 Å². The lowest BCUT2D eigenvalue weighted by Crippen LogP contribution is -2.23. The minimum atomic E-state index is -0.0941. The first-order chi connectivity index (χ1) is 23.8. The quantitative estimate of drug-likeness (QED) is 0.167. The molecule has 0 bridgehead atoms. The molecule has 1 aromatic carbocycles. The van der Waals surface area contributed by atoms with Crippen molar-refractivity contribution >= 4 is 11.0 Å². The third-order valence-electron chi connectivity index (χ3n) is 10.8. The normalized spacial score (nSPS) is 20.9. The lowest BCUT2D eigenvalue weighted by Gasteiger charge is -2.16. The summed E-state index contributed by atoms with van der Waals surface area (Å²) in [4.78, 5) is 42.4.